The van der Waals surface area contributed by atoms with Crippen molar-refractivity contribution in [2.45, 2.75) is 0 Å². The standard InChI is InChI=1S/C58H36/c1-2-14-40-31-41(24-23-37(40)11-1)42-25-26-44-33-45(28-27-43(44)32-42)46-29-30-53-54(34-46)58-36-55(49-21-9-15-38-12-3-5-17-47(38)49)51-19-7-8-20-52(51)57(58)35-56(53)50-22-10-16-39-13-4-6-18-48(39)50/h1-36H. The highest BCUT2D eigenvalue weighted by Crippen LogP contribution is 2.45. The molecule has 0 aliphatic carbocycles. The average Bonchev–Trinajstić information content (AvgIpc) is 3.30. The lowest BCUT2D eigenvalue weighted by molar-refractivity contribution is 1.65. The van der Waals surface area contributed by atoms with Gasteiger partial charge < -0.3 is 0 Å². The van der Waals surface area contributed by atoms with Crippen molar-refractivity contribution in [1.29, 1.82) is 0 Å². The van der Waals surface area contributed by atoms with Gasteiger partial charge in [0.1, 0.15) is 0 Å². The molecule has 0 saturated carbocycles. The fraction of sp³-hybridized carbons (Fsp3) is 0. The lowest BCUT2D eigenvalue weighted by Crippen LogP contribution is -1.91. The first-order chi connectivity index (χ1) is 28.7. The molecule has 0 radical (unpaired) electrons. The summed E-state index contributed by atoms with van der Waals surface area (Å²) in [6, 6.07) is 81.1. The van der Waals surface area contributed by atoms with E-state index in [1.807, 2.05) is 0 Å². The topological polar surface area (TPSA) is 0 Å². The maximum atomic E-state index is 2.47. The third-order valence-electron chi connectivity index (χ3n) is 12.4. The van der Waals surface area contributed by atoms with E-state index < -0.39 is 0 Å². The molecule has 0 aliphatic heterocycles. The number of fused-ring (bicyclic) bond motifs is 9. The molecule has 0 heteroatoms. The van der Waals surface area contributed by atoms with E-state index in [9.17, 15) is 0 Å². The first-order valence-corrected chi connectivity index (χ1v) is 20.2. The zero-order valence-corrected chi connectivity index (χ0v) is 31.8. The molecule has 268 valence electrons. The van der Waals surface area contributed by atoms with E-state index in [1.54, 1.807) is 0 Å². The van der Waals surface area contributed by atoms with E-state index in [0.29, 0.717) is 0 Å². The molecule has 0 fully saturated rings. The van der Waals surface area contributed by atoms with Crippen LogP contribution in [0.5, 0.6) is 0 Å². The molecule has 0 N–H and O–H groups in total. The Hall–Kier alpha value is -7.54. The second-order valence-corrected chi connectivity index (χ2v) is 15.6. The van der Waals surface area contributed by atoms with Gasteiger partial charge in [0.2, 0.25) is 0 Å². The van der Waals surface area contributed by atoms with Gasteiger partial charge in [-0.05, 0) is 156 Å². The minimum Gasteiger partial charge on any atom is -0.0616 e. The largest absolute Gasteiger partial charge is 0.0616 e. The molecule has 58 heavy (non-hydrogen) atoms. The highest BCUT2D eigenvalue weighted by atomic mass is 14.2. The van der Waals surface area contributed by atoms with Crippen LogP contribution in [0, 0.1) is 0 Å². The lowest BCUT2D eigenvalue weighted by atomic mass is 9.85. The molecule has 0 heterocycles. The second kappa shape index (κ2) is 13.0. The molecule has 0 nitrogen and oxygen atoms in total. The molecule has 12 aromatic rings. The molecule has 0 atom stereocenters. The average molecular weight is 733 g/mol. The van der Waals surface area contributed by atoms with Gasteiger partial charge in [-0.1, -0.05) is 182 Å². The van der Waals surface area contributed by atoms with Crippen LogP contribution in [0.25, 0.3) is 120 Å². The SMILES string of the molecule is c1ccc2cc(-c3ccc4cc(-c5ccc6c(-c7cccc8ccccc78)cc7c8ccccc8c(-c8cccc9ccccc89)cc7c6c5)ccc4c3)ccc2c1. The first-order valence-electron chi connectivity index (χ1n) is 20.2. The van der Waals surface area contributed by atoms with Crippen LogP contribution in [-0.4, -0.2) is 0 Å². The van der Waals surface area contributed by atoms with Crippen molar-refractivity contribution in [3.05, 3.63) is 218 Å². The number of benzene rings is 12. The summed E-state index contributed by atoms with van der Waals surface area (Å²) in [4.78, 5) is 0. The minimum atomic E-state index is 1.21. The molecule has 0 aliphatic rings. The Labute approximate surface area is 336 Å². The predicted octanol–water partition coefficient (Wildman–Crippen LogP) is 16.4. The van der Waals surface area contributed by atoms with Gasteiger partial charge in [0.15, 0.2) is 0 Å². The van der Waals surface area contributed by atoms with Crippen LogP contribution in [0.15, 0.2) is 218 Å². The molecule has 12 aromatic carbocycles. The summed E-state index contributed by atoms with van der Waals surface area (Å²) in [5.74, 6) is 0. The van der Waals surface area contributed by atoms with Crippen LogP contribution in [0.3, 0.4) is 0 Å². The fourth-order valence-electron chi connectivity index (χ4n) is 9.52. The number of hydrogen-bond donors (Lipinski definition) is 0. The first kappa shape index (κ1) is 32.7. The van der Waals surface area contributed by atoms with Crippen LogP contribution in [-0.2, 0) is 0 Å². The van der Waals surface area contributed by atoms with Crippen LogP contribution < -0.4 is 0 Å². The summed E-state index contributed by atoms with van der Waals surface area (Å²) in [6.45, 7) is 0. The van der Waals surface area contributed by atoms with Gasteiger partial charge in [-0.2, -0.15) is 0 Å². The third-order valence-corrected chi connectivity index (χ3v) is 12.4. The summed E-state index contributed by atoms with van der Waals surface area (Å²) in [5, 5.41) is 17.6. The Bertz CT molecular complexity index is 3610. The molecule has 0 unspecified atom stereocenters. The number of hydrogen-bond acceptors (Lipinski definition) is 0. The van der Waals surface area contributed by atoms with Gasteiger partial charge in [-0.15, -0.1) is 0 Å². The normalized spacial score (nSPS) is 11.8. The van der Waals surface area contributed by atoms with Gasteiger partial charge in [0.05, 0.1) is 0 Å². The summed E-state index contributed by atoms with van der Waals surface area (Å²) in [5.41, 5.74) is 9.94. The maximum Gasteiger partial charge on any atom is -0.00921 e. The molecule has 0 spiro atoms. The van der Waals surface area contributed by atoms with Gasteiger partial charge in [0, 0.05) is 0 Å². The Morgan fingerprint density at radius 1 is 0.155 bits per heavy atom. The summed E-state index contributed by atoms with van der Waals surface area (Å²) < 4.78 is 0. The summed E-state index contributed by atoms with van der Waals surface area (Å²) >= 11 is 0. The minimum absolute atomic E-state index is 1.21. The van der Waals surface area contributed by atoms with Crippen LogP contribution in [0.2, 0.25) is 0 Å². The van der Waals surface area contributed by atoms with Crippen molar-refractivity contribution in [3.8, 4) is 44.5 Å². The summed E-state index contributed by atoms with van der Waals surface area (Å²) in [6.07, 6.45) is 0. The van der Waals surface area contributed by atoms with Crippen molar-refractivity contribution in [2.75, 3.05) is 0 Å². The van der Waals surface area contributed by atoms with Crippen molar-refractivity contribution in [2.24, 2.45) is 0 Å². The molecule has 0 aromatic heterocycles. The molecule has 0 amide bonds. The highest BCUT2D eigenvalue weighted by Gasteiger charge is 2.18. The third kappa shape index (κ3) is 5.23. The molecule has 0 saturated heterocycles. The van der Waals surface area contributed by atoms with E-state index in [4.69, 9.17) is 0 Å². The van der Waals surface area contributed by atoms with Gasteiger partial charge in [0.25, 0.3) is 0 Å². The van der Waals surface area contributed by atoms with E-state index in [-0.39, 0.29) is 0 Å². The van der Waals surface area contributed by atoms with Gasteiger partial charge in [-0.3, -0.25) is 0 Å². The fourth-order valence-corrected chi connectivity index (χ4v) is 9.52. The van der Waals surface area contributed by atoms with Crippen molar-refractivity contribution < 1.29 is 0 Å². The molecular formula is C58H36. The van der Waals surface area contributed by atoms with E-state index >= 15 is 0 Å². The predicted molar refractivity (Wildman–Crippen MR) is 251 cm³/mol. The summed E-state index contributed by atoms with van der Waals surface area (Å²) in [7, 11) is 0. The smallest absolute Gasteiger partial charge is 0.00921 e. The van der Waals surface area contributed by atoms with Gasteiger partial charge >= 0.3 is 0 Å². The Balaban J connectivity index is 1.09. The van der Waals surface area contributed by atoms with Crippen LogP contribution in [0.4, 0.5) is 0 Å². The zero-order valence-electron chi connectivity index (χ0n) is 31.8. The van der Waals surface area contributed by atoms with Crippen LogP contribution in [0.1, 0.15) is 0 Å². The zero-order chi connectivity index (χ0) is 38.2. The monoisotopic (exact) mass is 732 g/mol. The van der Waals surface area contributed by atoms with Crippen molar-refractivity contribution in [1.82, 2.24) is 0 Å². The Kier molecular flexibility index (Phi) is 7.33. The van der Waals surface area contributed by atoms with E-state index in [0.717, 1.165) is 0 Å². The maximum absolute atomic E-state index is 2.47. The highest BCUT2D eigenvalue weighted by molar-refractivity contribution is 6.26. The molecule has 0 bridgehead atoms. The number of rotatable bonds is 4. The second-order valence-electron chi connectivity index (χ2n) is 15.6. The van der Waals surface area contributed by atoms with Crippen molar-refractivity contribution >= 4 is 75.4 Å². The van der Waals surface area contributed by atoms with Crippen LogP contribution >= 0.6 is 0 Å². The Morgan fingerprint density at radius 3 is 1.10 bits per heavy atom. The van der Waals surface area contributed by atoms with E-state index in [2.05, 4.69) is 218 Å². The quantitative estimate of drug-likeness (QED) is 0.158. The lowest BCUT2D eigenvalue weighted by Gasteiger charge is -2.18. The van der Waals surface area contributed by atoms with E-state index in [1.165, 1.54) is 120 Å². The molecule has 12 rings (SSSR count). The Morgan fingerprint density at radius 2 is 0.517 bits per heavy atom. The van der Waals surface area contributed by atoms with Crippen molar-refractivity contribution in [3.63, 3.8) is 0 Å². The van der Waals surface area contributed by atoms with Gasteiger partial charge in [-0.25, -0.2) is 0 Å². The molecular weight excluding hydrogens is 697 g/mol.